The van der Waals surface area contributed by atoms with Crippen LogP contribution in [-0.2, 0) is 17.9 Å². The Morgan fingerprint density at radius 1 is 0.943 bits per heavy atom. The zero-order valence-corrected chi connectivity index (χ0v) is 21.6. The molecule has 0 unspecified atom stereocenters. The zero-order chi connectivity index (χ0) is 24.4. The summed E-state index contributed by atoms with van der Waals surface area (Å²) in [5, 5.41) is 2.59. The van der Waals surface area contributed by atoms with E-state index in [1.807, 2.05) is 54.6 Å². The number of thioether (sulfide) groups is 1. The lowest BCUT2D eigenvalue weighted by atomic mass is 10.1. The molecule has 5 rings (SSSR count). The summed E-state index contributed by atoms with van der Waals surface area (Å²) in [5.41, 5.74) is 2.62. The molecule has 174 valence electrons. The van der Waals surface area contributed by atoms with Crippen molar-refractivity contribution in [2.45, 2.75) is 13.2 Å². The molecule has 0 atom stereocenters. The lowest BCUT2D eigenvalue weighted by Gasteiger charge is -2.13. The maximum absolute atomic E-state index is 13.1. The van der Waals surface area contributed by atoms with Crippen LogP contribution in [0, 0.1) is 0 Å². The fraction of sp³-hybridized carbons (Fsp3) is 0.0714. The van der Waals surface area contributed by atoms with Gasteiger partial charge in [-0.3, -0.25) is 14.5 Å². The predicted octanol–water partition coefficient (Wildman–Crippen LogP) is 8.07. The van der Waals surface area contributed by atoms with Crippen LogP contribution < -0.4 is 4.74 Å². The number of ether oxygens (including phenoxy) is 1. The second kappa shape index (κ2) is 10.3. The van der Waals surface area contributed by atoms with Crippen LogP contribution in [0.4, 0.5) is 4.79 Å². The number of benzene rings is 4. The van der Waals surface area contributed by atoms with Crippen molar-refractivity contribution < 1.29 is 14.3 Å². The Hall–Kier alpha value is -3.06. The van der Waals surface area contributed by atoms with Gasteiger partial charge in [0.1, 0.15) is 12.4 Å². The maximum Gasteiger partial charge on any atom is 0.293 e. The standard InChI is InChI=1S/C28H19BrClNO3S/c29-22-10-13-25(34-17-20-6-3-5-19-4-1-2-7-24(19)20)21(14-22)15-26-27(32)31(28(33)35-26)16-18-8-11-23(30)12-9-18/h1-15H,16-17H2/b26-15-. The monoisotopic (exact) mass is 563 g/mol. The second-order valence-corrected chi connectivity index (χ2v) is 10.3. The minimum atomic E-state index is -0.324. The van der Waals surface area contributed by atoms with Gasteiger partial charge in [-0.2, -0.15) is 0 Å². The minimum absolute atomic E-state index is 0.197. The van der Waals surface area contributed by atoms with Crippen LogP contribution in [0.2, 0.25) is 5.02 Å². The van der Waals surface area contributed by atoms with Crippen LogP contribution in [0.3, 0.4) is 0 Å². The maximum atomic E-state index is 13.1. The quantitative estimate of drug-likeness (QED) is 0.222. The molecule has 0 bridgehead atoms. The molecule has 1 fully saturated rings. The molecule has 1 aliphatic heterocycles. The van der Waals surface area contributed by atoms with E-state index in [-0.39, 0.29) is 17.7 Å². The first-order valence-corrected chi connectivity index (χ1v) is 12.9. The molecule has 0 spiro atoms. The number of carbonyl (C=O) groups excluding carboxylic acids is 2. The number of hydrogen-bond acceptors (Lipinski definition) is 4. The molecule has 0 saturated carbocycles. The van der Waals surface area contributed by atoms with Crippen LogP contribution >= 0.6 is 39.3 Å². The molecule has 0 radical (unpaired) electrons. The zero-order valence-electron chi connectivity index (χ0n) is 18.4. The van der Waals surface area contributed by atoms with Crippen LogP contribution in [-0.4, -0.2) is 16.0 Å². The van der Waals surface area contributed by atoms with Crippen molar-refractivity contribution in [1.29, 1.82) is 0 Å². The first-order chi connectivity index (χ1) is 17.0. The molecule has 4 aromatic carbocycles. The summed E-state index contributed by atoms with van der Waals surface area (Å²) in [5.74, 6) is 0.306. The second-order valence-electron chi connectivity index (χ2n) is 8.00. The number of rotatable bonds is 6. The number of amides is 2. The molecule has 1 heterocycles. The molecule has 4 aromatic rings. The molecular formula is C28H19BrClNO3S. The summed E-state index contributed by atoms with van der Waals surface area (Å²) >= 11 is 10.4. The van der Waals surface area contributed by atoms with E-state index >= 15 is 0 Å². The van der Waals surface area contributed by atoms with Crippen LogP contribution in [0.25, 0.3) is 16.8 Å². The highest BCUT2D eigenvalue weighted by Gasteiger charge is 2.35. The summed E-state index contributed by atoms with van der Waals surface area (Å²) in [6.07, 6.45) is 1.72. The SMILES string of the molecule is O=C1S/C(=C\c2cc(Br)ccc2OCc2cccc3ccccc23)C(=O)N1Cc1ccc(Cl)cc1. The van der Waals surface area contributed by atoms with Gasteiger partial charge in [0.05, 0.1) is 11.4 Å². The van der Waals surface area contributed by atoms with Crippen molar-refractivity contribution in [3.8, 4) is 5.75 Å². The number of fused-ring (bicyclic) bond motifs is 1. The van der Waals surface area contributed by atoms with Gasteiger partial charge < -0.3 is 4.74 Å². The third-order valence-corrected chi connectivity index (χ3v) is 7.30. The van der Waals surface area contributed by atoms with E-state index in [1.165, 1.54) is 4.90 Å². The van der Waals surface area contributed by atoms with Crippen LogP contribution in [0.15, 0.2) is 94.3 Å². The molecule has 0 N–H and O–H groups in total. The van der Waals surface area contributed by atoms with Crippen molar-refractivity contribution in [3.05, 3.63) is 116 Å². The van der Waals surface area contributed by atoms with Crippen molar-refractivity contribution in [2.75, 3.05) is 0 Å². The van der Waals surface area contributed by atoms with E-state index in [4.69, 9.17) is 16.3 Å². The van der Waals surface area contributed by atoms with Gasteiger partial charge in [-0.25, -0.2) is 0 Å². The number of halogens is 2. The molecule has 7 heteroatoms. The highest BCUT2D eigenvalue weighted by atomic mass is 79.9. The molecule has 0 aromatic heterocycles. The summed E-state index contributed by atoms with van der Waals surface area (Å²) < 4.78 is 7.04. The first-order valence-electron chi connectivity index (χ1n) is 10.9. The van der Waals surface area contributed by atoms with E-state index in [2.05, 4.69) is 34.1 Å². The van der Waals surface area contributed by atoms with E-state index < -0.39 is 0 Å². The van der Waals surface area contributed by atoms with Crippen molar-refractivity contribution in [1.82, 2.24) is 4.90 Å². The highest BCUT2D eigenvalue weighted by Crippen LogP contribution is 2.36. The van der Waals surface area contributed by atoms with Gasteiger partial charge in [-0.1, -0.05) is 82.1 Å². The Balaban J connectivity index is 1.38. The molecule has 0 aliphatic carbocycles. The fourth-order valence-electron chi connectivity index (χ4n) is 3.89. The molecular weight excluding hydrogens is 546 g/mol. The summed E-state index contributed by atoms with van der Waals surface area (Å²) in [7, 11) is 0. The Bertz CT molecular complexity index is 1460. The third kappa shape index (κ3) is 5.30. The number of carbonyl (C=O) groups is 2. The van der Waals surface area contributed by atoms with E-state index in [0.29, 0.717) is 22.3 Å². The number of imide groups is 1. The number of hydrogen-bond donors (Lipinski definition) is 0. The van der Waals surface area contributed by atoms with Gasteiger partial charge in [0.25, 0.3) is 11.1 Å². The van der Waals surface area contributed by atoms with Crippen molar-refractivity contribution >= 4 is 67.3 Å². The van der Waals surface area contributed by atoms with Gasteiger partial charge in [-0.15, -0.1) is 0 Å². The fourth-order valence-corrected chi connectivity index (χ4v) is 5.22. The predicted molar refractivity (Wildman–Crippen MR) is 145 cm³/mol. The summed E-state index contributed by atoms with van der Waals surface area (Å²) in [4.78, 5) is 27.3. The average molecular weight is 565 g/mol. The average Bonchev–Trinajstić information content (AvgIpc) is 3.12. The molecule has 1 aliphatic rings. The topological polar surface area (TPSA) is 46.6 Å². The van der Waals surface area contributed by atoms with Gasteiger partial charge in [0, 0.05) is 15.1 Å². The Kier molecular flexibility index (Phi) is 6.95. The van der Waals surface area contributed by atoms with E-state index in [1.54, 1.807) is 18.2 Å². The Labute approximate surface area is 220 Å². The van der Waals surface area contributed by atoms with E-state index in [0.717, 1.165) is 43.7 Å². The molecule has 1 saturated heterocycles. The molecule has 2 amide bonds. The lowest BCUT2D eigenvalue weighted by molar-refractivity contribution is -0.123. The first kappa shape index (κ1) is 23.7. The minimum Gasteiger partial charge on any atom is -0.488 e. The van der Waals surface area contributed by atoms with Crippen LogP contribution in [0.1, 0.15) is 16.7 Å². The van der Waals surface area contributed by atoms with Crippen LogP contribution in [0.5, 0.6) is 5.75 Å². The van der Waals surface area contributed by atoms with E-state index in [9.17, 15) is 9.59 Å². The highest BCUT2D eigenvalue weighted by molar-refractivity contribution is 9.10. The van der Waals surface area contributed by atoms with Crippen molar-refractivity contribution in [3.63, 3.8) is 0 Å². The van der Waals surface area contributed by atoms with Gasteiger partial charge in [0.2, 0.25) is 0 Å². The van der Waals surface area contributed by atoms with Crippen molar-refractivity contribution in [2.24, 2.45) is 0 Å². The third-order valence-electron chi connectivity index (χ3n) is 5.65. The summed E-state index contributed by atoms with van der Waals surface area (Å²) in [6, 6.07) is 27.0. The smallest absolute Gasteiger partial charge is 0.293 e. The molecule has 35 heavy (non-hydrogen) atoms. The lowest BCUT2D eigenvalue weighted by Crippen LogP contribution is -2.27. The summed E-state index contributed by atoms with van der Waals surface area (Å²) in [6.45, 7) is 0.573. The van der Waals surface area contributed by atoms with Gasteiger partial charge in [0.15, 0.2) is 0 Å². The Morgan fingerprint density at radius 3 is 2.54 bits per heavy atom. The normalized spacial score (nSPS) is 14.8. The molecule has 4 nitrogen and oxygen atoms in total. The van der Waals surface area contributed by atoms with Gasteiger partial charge >= 0.3 is 0 Å². The Morgan fingerprint density at radius 2 is 1.71 bits per heavy atom. The largest absolute Gasteiger partial charge is 0.488 e. The number of nitrogens with zero attached hydrogens (tertiary/aromatic N) is 1. The van der Waals surface area contributed by atoms with Gasteiger partial charge in [-0.05, 0) is 70.1 Å².